The number of furan rings is 1. The smallest absolute Gasteiger partial charge is 0.208 e. The zero-order valence-corrected chi connectivity index (χ0v) is 11.4. The summed E-state index contributed by atoms with van der Waals surface area (Å²) in [7, 11) is 0. The van der Waals surface area contributed by atoms with Crippen molar-refractivity contribution in [2.45, 2.75) is 44.4 Å². The van der Waals surface area contributed by atoms with Gasteiger partial charge < -0.3 is 4.42 Å². The van der Waals surface area contributed by atoms with Gasteiger partial charge in [-0.3, -0.25) is 0 Å². The Hall–Kier alpha value is 0.210. The van der Waals surface area contributed by atoms with Crippen LogP contribution < -0.4 is 0 Å². The minimum absolute atomic E-state index is 0.449. The average Bonchev–Trinajstić information content (AvgIpc) is 2.46. The van der Waals surface area contributed by atoms with Crippen molar-refractivity contribution in [1.82, 2.24) is 0 Å². The van der Waals surface area contributed by atoms with E-state index in [-0.39, 0.29) is 0 Å². The van der Waals surface area contributed by atoms with E-state index < -0.39 is 0 Å². The Labute approximate surface area is 106 Å². The van der Waals surface area contributed by atoms with E-state index >= 15 is 0 Å². The fourth-order valence-corrected chi connectivity index (χ4v) is 3.05. The summed E-state index contributed by atoms with van der Waals surface area (Å²) in [5, 5.41) is 1.16. The maximum absolute atomic E-state index is 6.19. The lowest BCUT2D eigenvalue weighted by Gasteiger charge is -1.97. The van der Waals surface area contributed by atoms with E-state index in [0.29, 0.717) is 10.2 Å². The summed E-state index contributed by atoms with van der Waals surface area (Å²) in [6.45, 7) is 4.26. The third-order valence-electron chi connectivity index (χ3n) is 2.06. The molecule has 1 heterocycles. The number of thioether (sulfide) groups is 1. The highest BCUT2D eigenvalue weighted by Gasteiger charge is 2.16. The molecule has 0 aliphatic rings. The summed E-state index contributed by atoms with van der Waals surface area (Å²) in [5.41, 5.74) is 0. The monoisotopic (exact) mass is 266 g/mol. The van der Waals surface area contributed by atoms with Crippen LogP contribution in [0, 0.1) is 0 Å². The molecule has 0 aromatic carbocycles. The molecule has 0 aliphatic carbocycles. The fraction of sp³-hybridized carbons (Fsp3) is 0.636. The van der Waals surface area contributed by atoms with Crippen LogP contribution in [0.2, 0.25) is 10.2 Å². The van der Waals surface area contributed by atoms with Gasteiger partial charge in [-0.05, 0) is 30.2 Å². The van der Waals surface area contributed by atoms with E-state index in [1.807, 2.05) is 0 Å². The largest absolute Gasteiger partial charge is 0.447 e. The maximum atomic E-state index is 6.19. The molecular weight excluding hydrogens is 251 g/mol. The second-order valence-electron chi connectivity index (χ2n) is 3.39. The minimum atomic E-state index is 0.449. The predicted octanol–water partition coefficient (Wildman–Crippen LogP) is 5.43. The van der Waals surface area contributed by atoms with Crippen LogP contribution in [0.5, 0.6) is 0 Å². The first-order valence-corrected chi connectivity index (χ1v) is 7.04. The van der Waals surface area contributed by atoms with E-state index in [9.17, 15) is 0 Å². The molecule has 1 nitrogen and oxygen atoms in total. The summed E-state index contributed by atoms with van der Waals surface area (Å²) >= 11 is 13.9. The van der Waals surface area contributed by atoms with Crippen LogP contribution in [0.4, 0.5) is 0 Å². The van der Waals surface area contributed by atoms with Crippen molar-refractivity contribution in [1.29, 1.82) is 0 Å². The summed E-state index contributed by atoms with van der Waals surface area (Å²) < 4.78 is 5.43. The molecule has 86 valence electrons. The van der Waals surface area contributed by atoms with Gasteiger partial charge in [0.1, 0.15) is 5.76 Å². The third kappa shape index (κ3) is 3.61. The van der Waals surface area contributed by atoms with Gasteiger partial charge >= 0.3 is 0 Å². The SMILES string of the molecule is CCCCSc1c(Cl)oc(CCC)c1Cl. The fourth-order valence-electron chi connectivity index (χ4n) is 1.24. The van der Waals surface area contributed by atoms with Crippen LogP contribution in [0.1, 0.15) is 38.9 Å². The highest BCUT2D eigenvalue weighted by molar-refractivity contribution is 7.99. The molecule has 0 aliphatic heterocycles. The van der Waals surface area contributed by atoms with Crippen LogP contribution in [-0.2, 0) is 6.42 Å². The summed E-state index contributed by atoms with van der Waals surface area (Å²) in [6, 6.07) is 0. The Morgan fingerprint density at radius 2 is 1.93 bits per heavy atom. The Morgan fingerprint density at radius 3 is 2.53 bits per heavy atom. The molecule has 4 heteroatoms. The molecule has 0 N–H and O–H groups in total. The van der Waals surface area contributed by atoms with Gasteiger partial charge in [0.05, 0.1) is 9.92 Å². The molecular formula is C11H16Cl2OS. The minimum Gasteiger partial charge on any atom is -0.447 e. The van der Waals surface area contributed by atoms with Gasteiger partial charge in [-0.15, -0.1) is 11.8 Å². The first-order chi connectivity index (χ1) is 7.20. The Bertz CT molecular complexity index is 310. The molecule has 0 saturated carbocycles. The second-order valence-corrected chi connectivity index (χ2v) is 5.22. The van der Waals surface area contributed by atoms with E-state index in [1.165, 1.54) is 12.8 Å². The first-order valence-electron chi connectivity index (χ1n) is 5.30. The number of halogens is 2. The van der Waals surface area contributed by atoms with Crippen LogP contribution in [0.15, 0.2) is 9.31 Å². The molecule has 1 aromatic heterocycles. The molecule has 0 saturated heterocycles. The highest BCUT2D eigenvalue weighted by Crippen LogP contribution is 2.39. The Kier molecular flexibility index (Phi) is 5.95. The van der Waals surface area contributed by atoms with Crippen molar-refractivity contribution < 1.29 is 4.42 Å². The molecule has 0 unspecified atom stereocenters. The van der Waals surface area contributed by atoms with Gasteiger partial charge in [0.25, 0.3) is 0 Å². The molecule has 0 spiro atoms. The van der Waals surface area contributed by atoms with Crippen molar-refractivity contribution in [3.63, 3.8) is 0 Å². The van der Waals surface area contributed by atoms with Crippen molar-refractivity contribution in [3.8, 4) is 0 Å². The summed E-state index contributed by atoms with van der Waals surface area (Å²) in [6.07, 6.45) is 4.23. The normalized spacial score (nSPS) is 10.9. The van der Waals surface area contributed by atoms with Crippen LogP contribution in [-0.4, -0.2) is 5.75 Å². The van der Waals surface area contributed by atoms with Crippen molar-refractivity contribution in [2.75, 3.05) is 5.75 Å². The molecule has 15 heavy (non-hydrogen) atoms. The number of hydrogen-bond acceptors (Lipinski definition) is 2. The van der Waals surface area contributed by atoms with Gasteiger partial charge in [-0.1, -0.05) is 31.9 Å². The van der Waals surface area contributed by atoms with E-state index in [0.717, 1.165) is 29.3 Å². The highest BCUT2D eigenvalue weighted by atomic mass is 35.5. The molecule has 0 radical (unpaired) electrons. The van der Waals surface area contributed by atoms with E-state index in [2.05, 4.69) is 13.8 Å². The zero-order chi connectivity index (χ0) is 11.3. The van der Waals surface area contributed by atoms with Crippen LogP contribution in [0.25, 0.3) is 0 Å². The van der Waals surface area contributed by atoms with Gasteiger partial charge in [0.2, 0.25) is 5.22 Å². The first kappa shape index (κ1) is 13.3. The molecule has 0 atom stereocenters. The van der Waals surface area contributed by atoms with Gasteiger partial charge in [-0.2, -0.15) is 0 Å². The van der Waals surface area contributed by atoms with Gasteiger partial charge in [-0.25, -0.2) is 0 Å². The van der Waals surface area contributed by atoms with Crippen molar-refractivity contribution >= 4 is 35.0 Å². The lowest BCUT2D eigenvalue weighted by atomic mass is 10.3. The maximum Gasteiger partial charge on any atom is 0.208 e. The van der Waals surface area contributed by atoms with Crippen molar-refractivity contribution in [2.24, 2.45) is 0 Å². The summed E-state index contributed by atoms with van der Waals surface area (Å²) in [4.78, 5) is 0.912. The van der Waals surface area contributed by atoms with E-state index in [1.54, 1.807) is 11.8 Å². The zero-order valence-electron chi connectivity index (χ0n) is 9.11. The van der Waals surface area contributed by atoms with Crippen LogP contribution >= 0.6 is 35.0 Å². The number of unbranched alkanes of at least 4 members (excludes halogenated alkanes) is 1. The quantitative estimate of drug-likeness (QED) is 0.503. The van der Waals surface area contributed by atoms with Crippen LogP contribution in [0.3, 0.4) is 0 Å². The third-order valence-corrected chi connectivity index (χ3v) is 4.12. The molecule has 0 amide bonds. The second kappa shape index (κ2) is 6.72. The number of aryl methyl sites for hydroxylation is 1. The van der Waals surface area contributed by atoms with E-state index in [4.69, 9.17) is 27.6 Å². The molecule has 0 bridgehead atoms. The lowest BCUT2D eigenvalue weighted by Crippen LogP contribution is -1.80. The number of hydrogen-bond donors (Lipinski definition) is 0. The Balaban J connectivity index is 2.69. The van der Waals surface area contributed by atoms with Gasteiger partial charge in [0, 0.05) is 6.42 Å². The topological polar surface area (TPSA) is 13.1 Å². The summed E-state index contributed by atoms with van der Waals surface area (Å²) in [5.74, 6) is 1.87. The predicted molar refractivity (Wildman–Crippen MR) is 68.4 cm³/mol. The van der Waals surface area contributed by atoms with Crippen molar-refractivity contribution in [3.05, 3.63) is 16.0 Å². The van der Waals surface area contributed by atoms with Gasteiger partial charge in [0.15, 0.2) is 0 Å². The molecule has 0 fully saturated rings. The average molecular weight is 267 g/mol. The number of rotatable bonds is 6. The Morgan fingerprint density at radius 1 is 1.20 bits per heavy atom. The lowest BCUT2D eigenvalue weighted by molar-refractivity contribution is 0.505. The molecule has 1 rings (SSSR count). The standard InChI is InChI=1S/C11H16Cl2OS/c1-3-5-7-15-10-9(12)8(6-4-2)14-11(10)13/h3-7H2,1-2H3. The molecule has 1 aromatic rings.